The standard InChI is InChI=1S/C14H24N2/c1-4-14(12-7-5-6-8-12)16-10-13(9-15-16)11(2)3/h9-12,14H,4-8H2,1-3H3/t14-/m0/s1. The molecule has 2 rings (SSSR count). The lowest BCUT2D eigenvalue weighted by molar-refractivity contribution is 0.301. The van der Waals surface area contributed by atoms with Crippen LogP contribution >= 0.6 is 0 Å². The first-order valence-corrected chi connectivity index (χ1v) is 6.76. The van der Waals surface area contributed by atoms with Crippen LogP contribution in [-0.2, 0) is 0 Å². The summed E-state index contributed by atoms with van der Waals surface area (Å²) in [6.45, 7) is 6.76. The predicted molar refractivity (Wildman–Crippen MR) is 67.6 cm³/mol. The second kappa shape index (κ2) is 5.03. The molecule has 1 heterocycles. The molecule has 0 bridgehead atoms. The maximum Gasteiger partial charge on any atom is 0.0544 e. The number of hydrogen-bond acceptors (Lipinski definition) is 1. The fraction of sp³-hybridized carbons (Fsp3) is 0.786. The molecule has 2 heteroatoms. The number of hydrogen-bond donors (Lipinski definition) is 0. The molecule has 1 aliphatic carbocycles. The van der Waals surface area contributed by atoms with E-state index in [0.29, 0.717) is 12.0 Å². The molecule has 2 nitrogen and oxygen atoms in total. The number of nitrogens with zero attached hydrogens (tertiary/aromatic N) is 2. The van der Waals surface area contributed by atoms with Crippen molar-refractivity contribution in [2.75, 3.05) is 0 Å². The van der Waals surface area contributed by atoms with E-state index >= 15 is 0 Å². The topological polar surface area (TPSA) is 17.8 Å². The Hall–Kier alpha value is -0.790. The third-order valence-electron chi connectivity index (χ3n) is 3.99. The second-order valence-corrected chi connectivity index (χ2v) is 5.43. The van der Waals surface area contributed by atoms with Gasteiger partial charge in [-0.15, -0.1) is 0 Å². The third-order valence-corrected chi connectivity index (χ3v) is 3.99. The van der Waals surface area contributed by atoms with E-state index in [4.69, 9.17) is 0 Å². The van der Waals surface area contributed by atoms with Crippen molar-refractivity contribution in [3.05, 3.63) is 18.0 Å². The van der Waals surface area contributed by atoms with Crippen LogP contribution in [0.25, 0.3) is 0 Å². The molecule has 1 aromatic heterocycles. The molecular formula is C14H24N2. The highest BCUT2D eigenvalue weighted by atomic mass is 15.3. The van der Waals surface area contributed by atoms with Crippen LogP contribution in [0.5, 0.6) is 0 Å². The van der Waals surface area contributed by atoms with Crippen LogP contribution in [0.1, 0.15) is 70.4 Å². The SMILES string of the molecule is CC[C@@H](C1CCCC1)n1cc(C(C)C)cn1. The highest BCUT2D eigenvalue weighted by Gasteiger charge is 2.25. The number of aromatic nitrogens is 2. The Kier molecular flexibility index (Phi) is 3.67. The van der Waals surface area contributed by atoms with Crippen LogP contribution in [0.2, 0.25) is 0 Å². The quantitative estimate of drug-likeness (QED) is 0.745. The van der Waals surface area contributed by atoms with Crippen LogP contribution in [-0.4, -0.2) is 9.78 Å². The van der Waals surface area contributed by atoms with Crippen molar-refractivity contribution in [1.82, 2.24) is 9.78 Å². The van der Waals surface area contributed by atoms with E-state index in [1.165, 1.54) is 37.7 Å². The minimum atomic E-state index is 0.592. The van der Waals surface area contributed by atoms with E-state index in [-0.39, 0.29) is 0 Å². The van der Waals surface area contributed by atoms with Crippen molar-refractivity contribution >= 4 is 0 Å². The Bertz CT molecular complexity index is 321. The molecule has 0 spiro atoms. The zero-order chi connectivity index (χ0) is 11.5. The molecular weight excluding hydrogens is 196 g/mol. The lowest BCUT2D eigenvalue weighted by Crippen LogP contribution is -2.17. The van der Waals surface area contributed by atoms with Crippen molar-refractivity contribution < 1.29 is 0 Å². The van der Waals surface area contributed by atoms with E-state index in [1.54, 1.807) is 0 Å². The first kappa shape index (κ1) is 11.7. The Morgan fingerprint density at radius 2 is 2.06 bits per heavy atom. The van der Waals surface area contributed by atoms with E-state index < -0.39 is 0 Å². The molecule has 0 unspecified atom stereocenters. The summed E-state index contributed by atoms with van der Waals surface area (Å²) in [5.41, 5.74) is 1.37. The fourth-order valence-electron chi connectivity index (χ4n) is 2.91. The predicted octanol–water partition coefficient (Wildman–Crippen LogP) is 4.15. The molecule has 16 heavy (non-hydrogen) atoms. The van der Waals surface area contributed by atoms with Crippen LogP contribution in [0.3, 0.4) is 0 Å². The molecule has 0 radical (unpaired) electrons. The Labute approximate surface area is 99.0 Å². The summed E-state index contributed by atoms with van der Waals surface area (Å²) in [5.74, 6) is 1.46. The molecule has 0 N–H and O–H groups in total. The minimum absolute atomic E-state index is 0.592. The van der Waals surface area contributed by atoms with Gasteiger partial charge in [-0.05, 0) is 36.7 Å². The van der Waals surface area contributed by atoms with Crippen LogP contribution in [0.4, 0.5) is 0 Å². The van der Waals surface area contributed by atoms with Gasteiger partial charge in [-0.1, -0.05) is 33.6 Å². The number of rotatable bonds is 4. The first-order chi connectivity index (χ1) is 7.72. The summed E-state index contributed by atoms with van der Waals surface area (Å²) in [6, 6.07) is 0.634. The van der Waals surface area contributed by atoms with Gasteiger partial charge in [-0.25, -0.2) is 0 Å². The summed E-state index contributed by atoms with van der Waals surface area (Å²) < 4.78 is 2.23. The minimum Gasteiger partial charge on any atom is -0.269 e. The Balaban J connectivity index is 2.12. The molecule has 0 saturated heterocycles. The molecule has 1 fully saturated rings. The third kappa shape index (κ3) is 2.31. The summed E-state index contributed by atoms with van der Waals surface area (Å²) in [4.78, 5) is 0. The Morgan fingerprint density at radius 3 is 2.56 bits per heavy atom. The maximum atomic E-state index is 4.57. The van der Waals surface area contributed by atoms with Gasteiger partial charge in [0.15, 0.2) is 0 Å². The molecule has 1 saturated carbocycles. The van der Waals surface area contributed by atoms with Crippen molar-refractivity contribution in [3.8, 4) is 0 Å². The van der Waals surface area contributed by atoms with Crippen LogP contribution in [0, 0.1) is 5.92 Å². The molecule has 0 aromatic carbocycles. The lowest BCUT2D eigenvalue weighted by atomic mass is 9.96. The monoisotopic (exact) mass is 220 g/mol. The van der Waals surface area contributed by atoms with Gasteiger partial charge in [0, 0.05) is 6.20 Å². The van der Waals surface area contributed by atoms with Gasteiger partial charge in [0.2, 0.25) is 0 Å². The van der Waals surface area contributed by atoms with Crippen molar-refractivity contribution in [2.45, 2.75) is 64.8 Å². The lowest BCUT2D eigenvalue weighted by Gasteiger charge is -2.22. The molecule has 0 aliphatic heterocycles. The molecule has 90 valence electrons. The van der Waals surface area contributed by atoms with E-state index in [2.05, 4.69) is 36.7 Å². The van der Waals surface area contributed by atoms with Gasteiger partial charge in [0.05, 0.1) is 12.2 Å². The van der Waals surface area contributed by atoms with Crippen LogP contribution < -0.4 is 0 Å². The molecule has 0 amide bonds. The average molecular weight is 220 g/mol. The first-order valence-electron chi connectivity index (χ1n) is 6.76. The van der Waals surface area contributed by atoms with Gasteiger partial charge in [-0.2, -0.15) is 5.10 Å². The summed E-state index contributed by atoms with van der Waals surface area (Å²) in [7, 11) is 0. The normalized spacial score (nSPS) is 19.5. The van der Waals surface area contributed by atoms with Gasteiger partial charge in [0.25, 0.3) is 0 Å². The molecule has 1 atom stereocenters. The molecule has 1 aromatic rings. The average Bonchev–Trinajstić information content (AvgIpc) is 2.88. The van der Waals surface area contributed by atoms with E-state index in [0.717, 1.165) is 5.92 Å². The van der Waals surface area contributed by atoms with Crippen molar-refractivity contribution in [3.63, 3.8) is 0 Å². The largest absolute Gasteiger partial charge is 0.269 e. The van der Waals surface area contributed by atoms with Crippen molar-refractivity contribution in [2.24, 2.45) is 5.92 Å². The Morgan fingerprint density at radius 1 is 1.38 bits per heavy atom. The van der Waals surface area contributed by atoms with Crippen molar-refractivity contribution in [1.29, 1.82) is 0 Å². The van der Waals surface area contributed by atoms with E-state index in [1.807, 2.05) is 6.20 Å². The van der Waals surface area contributed by atoms with Gasteiger partial charge < -0.3 is 0 Å². The summed E-state index contributed by atoms with van der Waals surface area (Å²) >= 11 is 0. The fourth-order valence-corrected chi connectivity index (χ4v) is 2.91. The summed E-state index contributed by atoms with van der Waals surface area (Å²) in [6.07, 6.45) is 11.1. The van der Waals surface area contributed by atoms with Gasteiger partial charge in [0.1, 0.15) is 0 Å². The zero-order valence-electron chi connectivity index (χ0n) is 10.8. The smallest absolute Gasteiger partial charge is 0.0544 e. The summed E-state index contributed by atoms with van der Waals surface area (Å²) in [5, 5.41) is 4.57. The zero-order valence-corrected chi connectivity index (χ0v) is 10.8. The molecule has 1 aliphatic rings. The van der Waals surface area contributed by atoms with Gasteiger partial charge >= 0.3 is 0 Å². The highest BCUT2D eigenvalue weighted by molar-refractivity contribution is 5.09. The maximum absolute atomic E-state index is 4.57. The van der Waals surface area contributed by atoms with Gasteiger partial charge in [-0.3, -0.25) is 4.68 Å². The van der Waals surface area contributed by atoms with Crippen LogP contribution in [0.15, 0.2) is 12.4 Å². The highest BCUT2D eigenvalue weighted by Crippen LogP contribution is 2.36. The van der Waals surface area contributed by atoms with E-state index in [9.17, 15) is 0 Å². The second-order valence-electron chi connectivity index (χ2n) is 5.43.